The summed E-state index contributed by atoms with van der Waals surface area (Å²) < 4.78 is 1.06. The molecule has 0 fully saturated rings. The molecule has 102 valence electrons. The Morgan fingerprint density at radius 1 is 1.25 bits per heavy atom. The highest BCUT2D eigenvalue weighted by Crippen LogP contribution is 2.32. The first-order valence-electron chi connectivity index (χ1n) is 6.42. The summed E-state index contributed by atoms with van der Waals surface area (Å²) in [6.45, 7) is 2.04. The summed E-state index contributed by atoms with van der Waals surface area (Å²) in [6.07, 6.45) is 0.0377. The maximum atomic E-state index is 10.3. The minimum atomic E-state index is -0.501. The zero-order valence-electron chi connectivity index (χ0n) is 11.0. The van der Waals surface area contributed by atoms with Gasteiger partial charge in [0.05, 0.1) is 11.6 Å². The van der Waals surface area contributed by atoms with Crippen molar-refractivity contribution in [1.29, 1.82) is 0 Å². The number of aryl methyl sites for hydroxylation is 1. The molecule has 1 N–H and O–H groups in total. The summed E-state index contributed by atoms with van der Waals surface area (Å²) in [5, 5.41) is 11.5. The molecule has 2 heterocycles. The molecular weight excluding hydrogens is 334 g/mol. The predicted octanol–water partition coefficient (Wildman–Crippen LogP) is 4.64. The highest BCUT2D eigenvalue weighted by molar-refractivity contribution is 9.10. The first kappa shape index (κ1) is 13.7. The smallest absolute Gasteiger partial charge is 0.0937 e. The monoisotopic (exact) mass is 347 g/mol. The number of hydrogen-bond donors (Lipinski definition) is 1. The van der Waals surface area contributed by atoms with E-state index in [-0.39, 0.29) is 0 Å². The Labute approximate surface area is 130 Å². The number of aliphatic hydroxyl groups excluding tert-OH is 1. The fraction of sp³-hybridized carbons (Fsp3) is 0.188. The zero-order valence-corrected chi connectivity index (χ0v) is 13.4. The van der Waals surface area contributed by atoms with E-state index < -0.39 is 6.10 Å². The van der Waals surface area contributed by atoms with Crippen LogP contribution in [0.15, 0.2) is 46.9 Å². The SMILES string of the molecule is Cc1sc(C(O)Cc2ccc3ccccc3n2)cc1Br. The normalized spacial score (nSPS) is 12.8. The van der Waals surface area contributed by atoms with Gasteiger partial charge in [0.1, 0.15) is 0 Å². The van der Waals surface area contributed by atoms with Gasteiger partial charge in [-0.3, -0.25) is 4.98 Å². The van der Waals surface area contributed by atoms with Gasteiger partial charge in [-0.05, 0) is 41.1 Å². The number of benzene rings is 1. The van der Waals surface area contributed by atoms with Crippen molar-refractivity contribution in [3.63, 3.8) is 0 Å². The van der Waals surface area contributed by atoms with Crippen LogP contribution in [-0.4, -0.2) is 10.1 Å². The average Bonchev–Trinajstić information content (AvgIpc) is 2.79. The van der Waals surface area contributed by atoms with Crippen molar-refractivity contribution in [1.82, 2.24) is 4.98 Å². The molecule has 1 atom stereocenters. The van der Waals surface area contributed by atoms with E-state index >= 15 is 0 Å². The number of hydrogen-bond acceptors (Lipinski definition) is 3. The van der Waals surface area contributed by atoms with Gasteiger partial charge >= 0.3 is 0 Å². The zero-order chi connectivity index (χ0) is 14.1. The summed E-state index contributed by atoms with van der Waals surface area (Å²) >= 11 is 5.11. The van der Waals surface area contributed by atoms with Crippen LogP contribution in [0, 0.1) is 6.92 Å². The number of pyridine rings is 1. The second kappa shape index (κ2) is 5.64. The fourth-order valence-electron chi connectivity index (χ4n) is 2.17. The molecule has 20 heavy (non-hydrogen) atoms. The van der Waals surface area contributed by atoms with Crippen LogP contribution < -0.4 is 0 Å². The van der Waals surface area contributed by atoms with Crippen molar-refractivity contribution >= 4 is 38.2 Å². The van der Waals surface area contributed by atoms with Crippen molar-refractivity contribution in [3.8, 4) is 0 Å². The lowest BCUT2D eigenvalue weighted by molar-refractivity contribution is 0.181. The standard InChI is InChI=1S/C16H14BrNOS/c1-10-13(17)9-16(20-10)15(19)8-12-7-6-11-4-2-3-5-14(11)18-12/h2-7,9,15,19H,8H2,1H3. The molecule has 2 aromatic heterocycles. The van der Waals surface area contributed by atoms with Gasteiger partial charge in [0.2, 0.25) is 0 Å². The molecule has 0 bridgehead atoms. The Hall–Kier alpha value is -1.23. The first-order chi connectivity index (χ1) is 9.63. The van der Waals surface area contributed by atoms with E-state index in [0.29, 0.717) is 6.42 Å². The second-order valence-corrected chi connectivity index (χ2v) is 6.91. The highest BCUT2D eigenvalue weighted by Gasteiger charge is 2.14. The highest BCUT2D eigenvalue weighted by atomic mass is 79.9. The Kier molecular flexibility index (Phi) is 3.87. The molecule has 0 saturated heterocycles. The number of para-hydroxylation sites is 1. The molecule has 1 unspecified atom stereocenters. The van der Waals surface area contributed by atoms with E-state index in [0.717, 1.165) is 25.9 Å². The van der Waals surface area contributed by atoms with Crippen LogP contribution in [0.5, 0.6) is 0 Å². The molecule has 0 saturated carbocycles. The number of halogens is 1. The molecule has 0 spiro atoms. The Balaban J connectivity index is 1.85. The van der Waals surface area contributed by atoms with Crippen LogP contribution in [0.1, 0.15) is 21.6 Å². The molecule has 3 rings (SSSR count). The van der Waals surface area contributed by atoms with E-state index in [2.05, 4.69) is 27.0 Å². The van der Waals surface area contributed by atoms with Gasteiger partial charge in [-0.15, -0.1) is 11.3 Å². The molecular formula is C16H14BrNOS. The van der Waals surface area contributed by atoms with E-state index in [1.807, 2.05) is 43.3 Å². The van der Waals surface area contributed by atoms with Gasteiger partial charge in [-0.25, -0.2) is 0 Å². The van der Waals surface area contributed by atoms with E-state index in [9.17, 15) is 5.11 Å². The number of aromatic nitrogens is 1. The van der Waals surface area contributed by atoms with Crippen LogP contribution >= 0.6 is 27.3 Å². The summed E-state index contributed by atoms with van der Waals surface area (Å²) in [6, 6.07) is 14.1. The largest absolute Gasteiger partial charge is 0.387 e. The quantitative estimate of drug-likeness (QED) is 0.748. The van der Waals surface area contributed by atoms with Crippen molar-refractivity contribution in [2.24, 2.45) is 0 Å². The Bertz CT molecular complexity index is 734. The van der Waals surface area contributed by atoms with Gasteiger partial charge < -0.3 is 5.11 Å². The van der Waals surface area contributed by atoms with Gasteiger partial charge in [-0.1, -0.05) is 24.3 Å². The third-order valence-electron chi connectivity index (χ3n) is 3.26. The van der Waals surface area contributed by atoms with Crippen LogP contribution in [0.2, 0.25) is 0 Å². The van der Waals surface area contributed by atoms with E-state index in [1.54, 1.807) is 11.3 Å². The van der Waals surface area contributed by atoms with Crippen molar-refractivity contribution in [2.75, 3.05) is 0 Å². The average molecular weight is 348 g/mol. The third kappa shape index (κ3) is 2.77. The summed E-state index contributed by atoms with van der Waals surface area (Å²) in [5.74, 6) is 0. The van der Waals surface area contributed by atoms with Gasteiger partial charge in [0, 0.05) is 31.7 Å². The van der Waals surface area contributed by atoms with Crippen LogP contribution in [-0.2, 0) is 6.42 Å². The number of fused-ring (bicyclic) bond motifs is 1. The minimum Gasteiger partial charge on any atom is -0.387 e. The number of aliphatic hydroxyl groups is 1. The molecule has 1 aromatic carbocycles. The summed E-state index contributed by atoms with van der Waals surface area (Å²) in [5.41, 5.74) is 1.89. The number of rotatable bonds is 3. The fourth-order valence-corrected chi connectivity index (χ4v) is 3.71. The van der Waals surface area contributed by atoms with Gasteiger partial charge in [-0.2, -0.15) is 0 Å². The maximum absolute atomic E-state index is 10.3. The van der Waals surface area contributed by atoms with Gasteiger partial charge in [0.25, 0.3) is 0 Å². The van der Waals surface area contributed by atoms with Crippen molar-refractivity contribution in [3.05, 3.63) is 62.4 Å². The van der Waals surface area contributed by atoms with Crippen molar-refractivity contribution < 1.29 is 5.11 Å². The topological polar surface area (TPSA) is 33.1 Å². The molecule has 2 nitrogen and oxygen atoms in total. The number of nitrogens with zero attached hydrogens (tertiary/aromatic N) is 1. The number of thiophene rings is 1. The third-order valence-corrected chi connectivity index (χ3v) is 5.50. The van der Waals surface area contributed by atoms with Crippen LogP contribution in [0.3, 0.4) is 0 Å². The van der Waals surface area contributed by atoms with E-state index in [4.69, 9.17) is 0 Å². The van der Waals surface area contributed by atoms with Crippen LogP contribution in [0.25, 0.3) is 10.9 Å². The van der Waals surface area contributed by atoms with Crippen molar-refractivity contribution in [2.45, 2.75) is 19.4 Å². The lowest BCUT2D eigenvalue weighted by Gasteiger charge is -2.08. The molecule has 0 radical (unpaired) electrons. The molecule has 4 heteroatoms. The molecule has 0 aliphatic carbocycles. The van der Waals surface area contributed by atoms with E-state index in [1.165, 1.54) is 4.88 Å². The molecule has 0 amide bonds. The summed E-state index contributed by atoms with van der Waals surface area (Å²) in [4.78, 5) is 6.76. The van der Waals surface area contributed by atoms with Gasteiger partial charge in [0.15, 0.2) is 0 Å². The first-order valence-corrected chi connectivity index (χ1v) is 8.03. The molecule has 0 aliphatic heterocycles. The van der Waals surface area contributed by atoms with Crippen LogP contribution in [0.4, 0.5) is 0 Å². The molecule has 0 aliphatic rings. The Morgan fingerprint density at radius 3 is 2.80 bits per heavy atom. The second-order valence-electron chi connectivity index (χ2n) is 4.77. The summed E-state index contributed by atoms with van der Waals surface area (Å²) in [7, 11) is 0. The predicted molar refractivity (Wildman–Crippen MR) is 87.2 cm³/mol. The lowest BCUT2D eigenvalue weighted by atomic mass is 10.1. The molecule has 3 aromatic rings. The minimum absolute atomic E-state index is 0.501. The maximum Gasteiger partial charge on any atom is 0.0937 e. The Morgan fingerprint density at radius 2 is 2.05 bits per heavy atom. The lowest BCUT2D eigenvalue weighted by Crippen LogP contribution is -2.01.